The van der Waals surface area contributed by atoms with Crippen molar-refractivity contribution in [2.24, 2.45) is 5.73 Å². The summed E-state index contributed by atoms with van der Waals surface area (Å²) in [5.74, 6) is -0.611. The van der Waals surface area contributed by atoms with Gasteiger partial charge in [0.25, 0.3) is 0 Å². The van der Waals surface area contributed by atoms with Crippen molar-refractivity contribution in [3.05, 3.63) is 81.1 Å². The Kier molecular flexibility index (Phi) is 9.90. The standard InChI is InChI=1S/C32H38ClF2N7O/c1-19(36)4-2-5-20-14-25(30(35)26(33)15-20)28-16-22-18-42(32(43)41-31(22)40-28)24-10-8-21(9-11-24)27-7-3-6-23(39-27)12-13-38-29(37)17-34/h8-11,14-16,18-19,23,27,39H,2-7,12-13,17,36H2,1H3,(H2,37,38)(H,40,41,43)/t19-,23-,27-/m0/s1. The molecule has 1 aliphatic rings. The van der Waals surface area contributed by atoms with Crippen LogP contribution >= 0.6 is 11.6 Å². The first-order valence-electron chi connectivity index (χ1n) is 14.8. The number of rotatable bonds is 11. The van der Waals surface area contributed by atoms with E-state index in [1.54, 1.807) is 24.4 Å². The van der Waals surface area contributed by atoms with Crippen LogP contribution in [0.15, 0.2) is 53.5 Å². The molecule has 1 fully saturated rings. The fraction of sp³-hybridized carbons (Fsp3) is 0.406. The van der Waals surface area contributed by atoms with Gasteiger partial charge in [-0.3, -0.25) is 9.98 Å². The third-order valence-electron chi connectivity index (χ3n) is 8.03. The fourth-order valence-electron chi connectivity index (χ4n) is 5.76. The molecule has 1 aliphatic heterocycles. The van der Waals surface area contributed by atoms with Crippen LogP contribution in [0, 0.1) is 11.2 Å². The maximum Gasteiger partial charge on any atom is 0.354 e. The number of nitrogens with two attached hydrogens (primary N) is 1. The molecule has 0 aliphatic carbocycles. The van der Waals surface area contributed by atoms with Gasteiger partial charge in [-0.15, -0.1) is 0 Å². The number of aromatic amines is 1. The molecular weight excluding hydrogens is 572 g/mol. The first kappa shape index (κ1) is 30.8. The van der Waals surface area contributed by atoms with Crippen LogP contribution < -0.4 is 22.1 Å². The zero-order valence-electron chi connectivity index (χ0n) is 24.2. The Labute approximate surface area is 254 Å². The summed E-state index contributed by atoms with van der Waals surface area (Å²) in [5.41, 5.74) is 9.35. The number of nitrogens with one attached hydrogen (secondary N) is 4. The maximum absolute atomic E-state index is 15.1. The Morgan fingerprint density at radius 3 is 2.79 bits per heavy atom. The molecule has 3 atom stereocenters. The molecule has 2 aromatic carbocycles. The van der Waals surface area contributed by atoms with Crippen molar-refractivity contribution < 1.29 is 8.78 Å². The van der Waals surface area contributed by atoms with E-state index >= 15 is 4.39 Å². The van der Waals surface area contributed by atoms with Crippen molar-refractivity contribution in [1.82, 2.24) is 25.2 Å². The second-order valence-electron chi connectivity index (χ2n) is 11.5. The minimum absolute atomic E-state index is 0.0484. The molecule has 43 heavy (non-hydrogen) atoms. The third-order valence-corrected chi connectivity index (χ3v) is 8.31. The van der Waals surface area contributed by atoms with Crippen molar-refractivity contribution in [3.63, 3.8) is 0 Å². The lowest BCUT2D eigenvalue weighted by Crippen LogP contribution is -2.39. The van der Waals surface area contributed by atoms with Crippen LogP contribution in [0.5, 0.6) is 0 Å². The maximum atomic E-state index is 15.1. The van der Waals surface area contributed by atoms with Gasteiger partial charge in [-0.05, 0) is 86.9 Å². The van der Waals surface area contributed by atoms with Gasteiger partial charge in [-0.1, -0.05) is 30.2 Å². The topological polar surface area (TPSA) is 125 Å². The zero-order chi connectivity index (χ0) is 30.5. The molecule has 0 spiro atoms. The molecule has 6 N–H and O–H groups in total. The van der Waals surface area contributed by atoms with E-state index in [0.29, 0.717) is 34.5 Å². The Bertz CT molecular complexity index is 1630. The Balaban J connectivity index is 1.33. The third kappa shape index (κ3) is 7.49. The van der Waals surface area contributed by atoms with E-state index in [4.69, 9.17) is 22.7 Å². The molecule has 4 aromatic rings. The molecule has 2 aromatic heterocycles. The van der Waals surface area contributed by atoms with E-state index in [-0.39, 0.29) is 29.0 Å². The average Bonchev–Trinajstić information content (AvgIpc) is 3.41. The lowest BCUT2D eigenvalue weighted by molar-refractivity contribution is 0.312. The minimum Gasteiger partial charge on any atom is -0.372 e. The molecule has 0 unspecified atom stereocenters. The van der Waals surface area contributed by atoms with Crippen molar-refractivity contribution in [2.45, 2.75) is 70.0 Å². The predicted molar refractivity (Wildman–Crippen MR) is 169 cm³/mol. The molecular formula is C32H38ClF2N7O. The van der Waals surface area contributed by atoms with E-state index in [9.17, 15) is 9.18 Å². The van der Waals surface area contributed by atoms with E-state index in [0.717, 1.165) is 56.1 Å². The number of fused-ring (bicyclic) bond motifs is 1. The normalized spacial score (nSPS) is 17.7. The summed E-state index contributed by atoms with van der Waals surface area (Å²) in [6.45, 7) is 1.74. The highest BCUT2D eigenvalue weighted by Crippen LogP contribution is 2.32. The number of amidine groups is 1. The highest BCUT2D eigenvalue weighted by Gasteiger charge is 2.22. The summed E-state index contributed by atoms with van der Waals surface area (Å²) < 4.78 is 29.1. The Morgan fingerprint density at radius 1 is 1.26 bits per heavy atom. The van der Waals surface area contributed by atoms with Gasteiger partial charge in [-0.25, -0.2) is 13.6 Å². The molecule has 0 saturated carbocycles. The molecule has 228 valence electrons. The van der Waals surface area contributed by atoms with Crippen molar-refractivity contribution in [3.8, 4) is 16.9 Å². The predicted octanol–water partition coefficient (Wildman–Crippen LogP) is 5.95. The molecule has 0 bridgehead atoms. The van der Waals surface area contributed by atoms with Gasteiger partial charge in [0, 0.05) is 41.8 Å². The Hall–Kier alpha value is -3.60. The summed E-state index contributed by atoms with van der Waals surface area (Å²) in [6.07, 6.45) is 8.08. The van der Waals surface area contributed by atoms with E-state index < -0.39 is 18.2 Å². The van der Waals surface area contributed by atoms with Crippen molar-refractivity contribution in [2.75, 3.05) is 13.2 Å². The van der Waals surface area contributed by atoms with E-state index in [1.165, 1.54) is 4.57 Å². The van der Waals surface area contributed by atoms with Crippen molar-refractivity contribution >= 4 is 28.5 Å². The number of alkyl halides is 1. The monoisotopic (exact) mass is 609 g/mol. The van der Waals surface area contributed by atoms with Crippen LogP contribution in [0.1, 0.15) is 62.6 Å². The number of aromatic nitrogens is 3. The lowest BCUT2D eigenvalue weighted by atomic mass is 9.92. The largest absolute Gasteiger partial charge is 0.372 e. The van der Waals surface area contributed by atoms with Gasteiger partial charge in [0.2, 0.25) is 0 Å². The molecule has 0 radical (unpaired) electrons. The Morgan fingerprint density at radius 2 is 2.05 bits per heavy atom. The molecule has 8 nitrogen and oxygen atoms in total. The van der Waals surface area contributed by atoms with Crippen LogP contribution in [-0.4, -0.2) is 45.7 Å². The van der Waals surface area contributed by atoms with Gasteiger partial charge in [-0.2, -0.15) is 4.98 Å². The summed E-state index contributed by atoms with van der Waals surface area (Å²) in [6, 6.07) is 13.6. The number of H-pyrrole nitrogens is 1. The number of benzene rings is 2. The summed E-state index contributed by atoms with van der Waals surface area (Å²) in [7, 11) is 0. The number of hydrogen-bond acceptors (Lipinski definition) is 5. The second-order valence-corrected chi connectivity index (χ2v) is 11.9. The first-order chi connectivity index (χ1) is 20.7. The van der Waals surface area contributed by atoms with Crippen LogP contribution in [0.4, 0.5) is 8.78 Å². The zero-order valence-corrected chi connectivity index (χ0v) is 25.0. The van der Waals surface area contributed by atoms with Gasteiger partial charge in [0.05, 0.1) is 16.4 Å². The number of hydrogen-bond donors (Lipinski definition) is 5. The van der Waals surface area contributed by atoms with E-state index in [1.807, 2.05) is 31.2 Å². The minimum atomic E-state index is -0.777. The SMILES string of the molecule is C[C@H](N)CCCc1cc(Cl)c(F)c(-c2cc3cn(-c4ccc([C@@H]5CCC[C@@H](CCNC(=N)CF)N5)cc4)c(=O)nc3[nH]2)c1. The van der Waals surface area contributed by atoms with Gasteiger partial charge >= 0.3 is 5.69 Å². The summed E-state index contributed by atoms with van der Waals surface area (Å²) >= 11 is 6.24. The summed E-state index contributed by atoms with van der Waals surface area (Å²) in [4.78, 5) is 20.3. The van der Waals surface area contributed by atoms with Gasteiger partial charge in [0.15, 0.2) is 5.82 Å². The summed E-state index contributed by atoms with van der Waals surface area (Å²) in [5, 5.41) is 14.6. The van der Waals surface area contributed by atoms with Crippen molar-refractivity contribution in [1.29, 1.82) is 5.41 Å². The second kappa shape index (κ2) is 13.8. The van der Waals surface area contributed by atoms with Gasteiger partial charge in [0.1, 0.15) is 18.2 Å². The average molecular weight is 610 g/mol. The lowest BCUT2D eigenvalue weighted by Gasteiger charge is -2.31. The molecule has 11 heteroatoms. The smallest absolute Gasteiger partial charge is 0.354 e. The van der Waals surface area contributed by atoms with E-state index in [2.05, 4.69) is 20.6 Å². The number of piperidine rings is 1. The highest BCUT2D eigenvalue weighted by atomic mass is 35.5. The fourth-order valence-corrected chi connectivity index (χ4v) is 6.00. The molecule has 3 heterocycles. The van der Waals surface area contributed by atoms with Crippen LogP contribution in [0.3, 0.4) is 0 Å². The van der Waals surface area contributed by atoms with Crippen LogP contribution in [0.2, 0.25) is 5.02 Å². The number of nitrogens with zero attached hydrogens (tertiary/aromatic N) is 2. The van der Waals surface area contributed by atoms with Gasteiger partial charge < -0.3 is 21.4 Å². The molecule has 0 amide bonds. The number of aryl methyl sites for hydroxylation is 1. The molecule has 1 saturated heterocycles. The molecule has 5 rings (SSSR count). The first-order valence-corrected chi connectivity index (χ1v) is 15.2. The van der Waals surface area contributed by atoms with Crippen LogP contribution in [-0.2, 0) is 6.42 Å². The number of halogens is 3. The highest BCUT2D eigenvalue weighted by molar-refractivity contribution is 6.31. The van der Waals surface area contributed by atoms with Crippen LogP contribution in [0.25, 0.3) is 28.0 Å². The quantitative estimate of drug-likeness (QED) is 0.106.